The molecule has 0 radical (unpaired) electrons. The molecule has 1 aliphatic rings. The molecule has 6 nitrogen and oxygen atoms in total. The van der Waals surface area contributed by atoms with Crippen LogP contribution in [0.5, 0.6) is 0 Å². The summed E-state index contributed by atoms with van der Waals surface area (Å²) >= 11 is 0. The van der Waals surface area contributed by atoms with E-state index in [2.05, 4.69) is 0 Å². The van der Waals surface area contributed by atoms with Gasteiger partial charge < -0.3 is 14.2 Å². The second kappa shape index (κ2) is 8.43. The van der Waals surface area contributed by atoms with Crippen LogP contribution < -0.4 is 10.3 Å². The highest BCUT2D eigenvalue weighted by atomic mass is 32.2. The summed E-state index contributed by atoms with van der Waals surface area (Å²) in [4.78, 5) is 14.8. The largest absolute Gasteiger partial charge is 0.378 e. The first-order chi connectivity index (χ1) is 14.8. The Balaban J connectivity index is 1.93. The van der Waals surface area contributed by atoms with E-state index in [4.69, 9.17) is 4.74 Å². The Bertz CT molecular complexity index is 1280. The lowest BCUT2D eigenvalue weighted by Gasteiger charge is -2.29. The van der Waals surface area contributed by atoms with Gasteiger partial charge in [-0.25, -0.2) is 12.8 Å². The van der Waals surface area contributed by atoms with E-state index >= 15 is 4.39 Å². The van der Waals surface area contributed by atoms with Crippen molar-refractivity contribution >= 4 is 26.4 Å². The number of halogens is 1. The maximum atomic E-state index is 15.0. The van der Waals surface area contributed by atoms with Gasteiger partial charge in [0.15, 0.2) is 0 Å². The Morgan fingerprint density at radius 3 is 2.42 bits per heavy atom. The first kappa shape index (κ1) is 21.5. The van der Waals surface area contributed by atoms with Crippen molar-refractivity contribution in [1.29, 1.82) is 0 Å². The van der Waals surface area contributed by atoms with Gasteiger partial charge in [-0.1, -0.05) is 24.6 Å². The number of ether oxygens (including phenoxy) is 1. The lowest BCUT2D eigenvalue weighted by atomic mass is 10.1. The Kier molecular flexibility index (Phi) is 5.85. The molecule has 0 saturated carbocycles. The number of morpholine rings is 1. The van der Waals surface area contributed by atoms with Crippen LogP contribution in [0.3, 0.4) is 0 Å². The van der Waals surface area contributed by atoms with Crippen molar-refractivity contribution < 1.29 is 17.5 Å². The molecule has 1 saturated heterocycles. The zero-order chi connectivity index (χ0) is 22.2. The minimum Gasteiger partial charge on any atom is -0.378 e. The third-order valence-corrected chi connectivity index (χ3v) is 7.32. The molecule has 1 aliphatic heterocycles. The van der Waals surface area contributed by atoms with E-state index in [1.54, 1.807) is 22.8 Å². The van der Waals surface area contributed by atoms with E-state index in [0.29, 0.717) is 44.1 Å². The van der Waals surface area contributed by atoms with Crippen LogP contribution in [0, 0.1) is 12.7 Å². The standard InChI is InChI=1S/C23H25FN2O4S/c1-3-8-26-15-22(31(28,29)17-6-4-16(2)5-7-17)23(27)18-13-19(24)21(14-20(18)26)25-9-11-30-12-10-25/h4-7,13-15H,3,8-12H2,1-2H3. The number of aryl methyl sites for hydroxylation is 2. The highest BCUT2D eigenvalue weighted by Gasteiger charge is 2.25. The fourth-order valence-electron chi connectivity index (χ4n) is 3.88. The number of hydrogen-bond acceptors (Lipinski definition) is 5. The lowest BCUT2D eigenvalue weighted by Crippen LogP contribution is -2.36. The molecule has 0 bridgehead atoms. The molecule has 8 heteroatoms. The van der Waals surface area contributed by atoms with Gasteiger partial charge in [0.1, 0.15) is 10.7 Å². The predicted molar refractivity (Wildman–Crippen MR) is 118 cm³/mol. The smallest absolute Gasteiger partial charge is 0.211 e. The van der Waals surface area contributed by atoms with Gasteiger partial charge in [-0.3, -0.25) is 4.79 Å². The van der Waals surface area contributed by atoms with Gasteiger partial charge in [-0.2, -0.15) is 0 Å². The van der Waals surface area contributed by atoms with Gasteiger partial charge in [0, 0.05) is 25.8 Å². The van der Waals surface area contributed by atoms with Crippen molar-refractivity contribution in [3.63, 3.8) is 0 Å². The summed E-state index contributed by atoms with van der Waals surface area (Å²) in [5.41, 5.74) is 1.15. The summed E-state index contributed by atoms with van der Waals surface area (Å²) < 4.78 is 48.6. The molecule has 31 heavy (non-hydrogen) atoms. The number of benzene rings is 2. The summed E-state index contributed by atoms with van der Waals surface area (Å²) in [5, 5.41) is 0.0659. The van der Waals surface area contributed by atoms with Gasteiger partial charge in [0.25, 0.3) is 0 Å². The average Bonchev–Trinajstić information content (AvgIpc) is 2.76. The second-order valence-electron chi connectivity index (χ2n) is 7.75. The van der Waals surface area contributed by atoms with Gasteiger partial charge in [0.2, 0.25) is 15.3 Å². The Labute approximate surface area is 180 Å². The Morgan fingerprint density at radius 2 is 1.77 bits per heavy atom. The van der Waals surface area contributed by atoms with E-state index < -0.39 is 21.1 Å². The molecule has 3 aromatic rings. The second-order valence-corrected chi connectivity index (χ2v) is 9.67. The first-order valence-corrected chi connectivity index (χ1v) is 11.8. The van der Waals surface area contributed by atoms with Crippen molar-refractivity contribution in [3.8, 4) is 0 Å². The van der Waals surface area contributed by atoms with Crippen molar-refractivity contribution in [2.24, 2.45) is 0 Å². The molecule has 0 atom stereocenters. The number of nitrogens with zero attached hydrogens (tertiary/aromatic N) is 2. The molecule has 164 valence electrons. The topological polar surface area (TPSA) is 68.6 Å². The first-order valence-electron chi connectivity index (χ1n) is 10.3. The molecule has 2 heterocycles. The normalized spacial score (nSPS) is 14.9. The quantitative estimate of drug-likeness (QED) is 0.602. The fourth-order valence-corrected chi connectivity index (χ4v) is 5.25. The monoisotopic (exact) mass is 444 g/mol. The van der Waals surface area contributed by atoms with Crippen LogP contribution in [-0.2, 0) is 21.1 Å². The molecule has 0 N–H and O–H groups in total. The third kappa shape index (κ3) is 3.97. The van der Waals surface area contributed by atoms with Gasteiger partial charge in [-0.15, -0.1) is 0 Å². The van der Waals surface area contributed by atoms with Crippen LogP contribution >= 0.6 is 0 Å². The zero-order valence-electron chi connectivity index (χ0n) is 17.6. The number of anilines is 1. The van der Waals surface area contributed by atoms with Crippen LogP contribution in [0.25, 0.3) is 10.9 Å². The summed E-state index contributed by atoms with van der Waals surface area (Å²) in [5.74, 6) is -0.542. The molecular formula is C23H25FN2O4S. The van der Waals surface area contributed by atoms with Crippen LogP contribution in [0.4, 0.5) is 10.1 Å². The minimum absolute atomic E-state index is 0.0445. The van der Waals surface area contributed by atoms with Crippen LogP contribution in [0.2, 0.25) is 0 Å². The molecule has 1 fully saturated rings. The molecule has 0 amide bonds. The van der Waals surface area contributed by atoms with Crippen LogP contribution in [0.15, 0.2) is 57.2 Å². The van der Waals surface area contributed by atoms with E-state index in [1.807, 2.05) is 18.7 Å². The van der Waals surface area contributed by atoms with Crippen LogP contribution in [0.1, 0.15) is 18.9 Å². The van der Waals surface area contributed by atoms with Crippen molar-refractivity contribution in [2.45, 2.75) is 36.6 Å². The minimum atomic E-state index is -4.04. The van der Waals surface area contributed by atoms with E-state index in [-0.39, 0.29) is 15.2 Å². The average molecular weight is 445 g/mol. The van der Waals surface area contributed by atoms with E-state index in [0.717, 1.165) is 12.0 Å². The summed E-state index contributed by atoms with van der Waals surface area (Å²) in [6.07, 6.45) is 2.12. The molecule has 1 aromatic heterocycles. The van der Waals surface area contributed by atoms with Crippen molar-refractivity contribution in [3.05, 3.63) is 64.2 Å². The SMILES string of the molecule is CCCn1cc(S(=O)(=O)c2ccc(C)cc2)c(=O)c2cc(F)c(N3CCOCC3)cc21. The maximum absolute atomic E-state index is 15.0. The fraction of sp³-hybridized carbons (Fsp3) is 0.348. The Hall–Kier alpha value is -2.71. The zero-order valence-corrected chi connectivity index (χ0v) is 18.4. The molecular weight excluding hydrogens is 419 g/mol. The molecule has 0 spiro atoms. The number of fused-ring (bicyclic) bond motifs is 1. The Morgan fingerprint density at radius 1 is 1.10 bits per heavy atom. The van der Waals surface area contributed by atoms with Gasteiger partial charge >= 0.3 is 0 Å². The van der Waals surface area contributed by atoms with Crippen molar-refractivity contribution in [2.75, 3.05) is 31.2 Å². The van der Waals surface area contributed by atoms with E-state index in [1.165, 1.54) is 24.4 Å². The molecule has 0 aliphatic carbocycles. The highest BCUT2D eigenvalue weighted by molar-refractivity contribution is 7.91. The number of pyridine rings is 1. The summed E-state index contributed by atoms with van der Waals surface area (Å²) in [6.45, 7) is 6.45. The van der Waals surface area contributed by atoms with Gasteiger partial charge in [0.05, 0.1) is 34.7 Å². The van der Waals surface area contributed by atoms with Crippen molar-refractivity contribution in [1.82, 2.24) is 4.57 Å². The van der Waals surface area contributed by atoms with Crippen LogP contribution in [-0.4, -0.2) is 39.3 Å². The third-order valence-electron chi connectivity index (χ3n) is 5.55. The highest BCUT2D eigenvalue weighted by Crippen LogP contribution is 2.28. The summed E-state index contributed by atoms with van der Waals surface area (Å²) in [7, 11) is -4.04. The number of hydrogen-bond donors (Lipinski definition) is 0. The summed E-state index contributed by atoms with van der Waals surface area (Å²) in [6, 6.07) is 9.17. The van der Waals surface area contributed by atoms with E-state index in [9.17, 15) is 13.2 Å². The predicted octanol–water partition coefficient (Wildman–Crippen LogP) is 3.53. The molecule has 0 unspecified atom stereocenters. The molecule has 4 rings (SSSR count). The van der Waals surface area contributed by atoms with Gasteiger partial charge in [-0.05, 0) is 37.6 Å². The number of aromatic nitrogens is 1. The molecule has 2 aromatic carbocycles. The number of rotatable bonds is 5. The maximum Gasteiger partial charge on any atom is 0.211 e. The number of sulfone groups is 1. The lowest BCUT2D eigenvalue weighted by molar-refractivity contribution is 0.122.